The Hall–Kier alpha value is -3.52. The van der Waals surface area contributed by atoms with Gasteiger partial charge in [0.15, 0.2) is 22.4 Å². The Bertz CT molecular complexity index is 1330. The van der Waals surface area contributed by atoms with Crippen LogP contribution < -0.4 is 9.47 Å². The lowest BCUT2D eigenvalue weighted by molar-refractivity contribution is 0.102. The zero-order valence-electron chi connectivity index (χ0n) is 18.7. The summed E-state index contributed by atoms with van der Waals surface area (Å²) in [4.78, 5) is 13.2. The van der Waals surface area contributed by atoms with Crippen molar-refractivity contribution in [1.29, 1.82) is 0 Å². The number of aryl methyl sites for hydroxylation is 2. The molecule has 0 N–H and O–H groups in total. The molecule has 2 aromatic heterocycles. The lowest BCUT2D eigenvalue weighted by Gasteiger charge is -2.11. The Balaban J connectivity index is 1.34. The summed E-state index contributed by atoms with van der Waals surface area (Å²) in [5, 5.41) is 9.26. The van der Waals surface area contributed by atoms with Gasteiger partial charge in [-0.1, -0.05) is 42.1 Å². The maximum atomic E-state index is 13.2. The van der Waals surface area contributed by atoms with Crippen molar-refractivity contribution in [3.05, 3.63) is 82.9 Å². The second-order valence-electron chi connectivity index (χ2n) is 7.97. The molecule has 0 saturated carbocycles. The maximum Gasteiger partial charge on any atom is 0.231 e. The van der Waals surface area contributed by atoms with Crippen LogP contribution in [0.3, 0.4) is 0 Å². The van der Waals surface area contributed by atoms with Crippen molar-refractivity contribution < 1.29 is 14.3 Å². The molecule has 0 saturated heterocycles. The van der Waals surface area contributed by atoms with Crippen LogP contribution in [-0.2, 0) is 6.54 Å². The Labute approximate surface area is 196 Å². The number of benzene rings is 2. The number of carbonyl (C=O) groups excluding carboxylic acids is 1. The van der Waals surface area contributed by atoms with E-state index in [0.29, 0.717) is 17.9 Å². The number of fused-ring (bicyclic) bond motifs is 1. The molecule has 1 aliphatic heterocycles. The van der Waals surface area contributed by atoms with Crippen molar-refractivity contribution >= 4 is 17.5 Å². The standard InChI is InChI=1S/C25H24N4O3S/c1-16-11-21(17(2)29(16)20-9-10-23-24(12-20)32-15-31-23)22(30)14-33-25-27-26-18(3)28(25)13-19-7-5-4-6-8-19/h4-12H,13-15H2,1-3H3. The molecule has 0 aliphatic carbocycles. The van der Waals surface area contributed by atoms with Gasteiger partial charge in [-0.05, 0) is 44.5 Å². The third-order valence-electron chi connectivity index (χ3n) is 5.76. The summed E-state index contributed by atoms with van der Waals surface area (Å²) in [7, 11) is 0. The Morgan fingerprint density at radius 1 is 1.00 bits per heavy atom. The first kappa shape index (κ1) is 21.3. The normalized spacial score (nSPS) is 12.3. The fourth-order valence-electron chi connectivity index (χ4n) is 4.09. The quantitative estimate of drug-likeness (QED) is 0.293. The topological polar surface area (TPSA) is 71.2 Å². The van der Waals surface area contributed by atoms with Gasteiger partial charge in [-0.2, -0.15) is 0 Å². The molecule has 0 atom stereocenters. The SMILES string of the molecule is Cc1nnc(SCC(=O)c2cc(C)n(-c3ccc4c(c3)OCO4)c2C)n1Cc1ccccc1. The van der Waals surface area contributed by atoms with Crippen LogP contribution in [0.1, 0.15) is 33.1 Å². The summed E-state index contributed by atoms with van der Waals surface area (Å²) in [5.74, 6) is 2.64. The molecule has 0 fully saturated rings. The summed E-state index contributed by atoms with van der Waals surface area (Å²) >= 11 is 1.42. The molecular formula is C25H24N4O3S. The molecule has 4 aromatic rings. The molecule has 33 heavy (non-hydrogen) atoms. The molecule has 0 radical (unpaired) electrons. The van der Waals surface area contributed by atoms with Gasteiger partial charge < -0.3 is 18.6 Å². The number of aromatic nitrogens is 4. The van der Waals surface area contributed by atoms with Gasteiger partial charge in [-0.25, -0.2) is 0 Å². The fraction of sp³-hybridized carbons (Fsp3) is 0.240. The molecule has 7 nitrogen and oxygen atoms in total. The highest BCUT2D eigenvalue weighted by atomic mass is 32.2. The van der Waals surface area contributed by atoms with Gasteiger partial charge in [0.2, 0.25) is 6.79 Å². The van der Waals surface area contributed by atoms with Crippen molar-refractivity contribution in [2.24, 2.45) is 0 Å². The average Bonchev–Trinajstić information content (AvgIpc) is 3.50. The summed E-state index contributed by atoms with van der Waals surface area (Å²) in [5.41, 5.74) is 4.71. The Kier molecular flexibility index (Phi) is 5.68. The zero-order valence-corrected chi connectivity index (χ0v) is 19.6. The number of ketones is 1. The Morgan fingerprint density at radius 3 is 2.61 bits per heavy atom. The third-order valence-corrected chi connectivity index (χ3v) is 6.73. The zero-order chi connectivity index (χ0) is 22.9. The van der Waals surface area contributed by atoms with Gasteiger partial charge >= 0.3 is 0 Å². The van der Waals surface area contributed by atoms with Crippen molar-refractivity contribution in [1.82, 2.24) is 19.3 Å². The summed E-state index contributed by atoms with van der Waals surface area (Å²) in [6.07, 6.45) is 0. The van der Waals surface area contributed by atoms with Crippen LogP contribution in [0.15, 0.2) is 59.8 Å². The lowest BCUT2D eigenvalue weighted by Crippen LogP contribution is -2.08. The van der Waals surface area contributed by atoms with Crippen molar-refractivity contribution in [2.45, 2.75) is 32.5 Å². The van der Waals surface area contributed by atoms with E-state index in [1.54, 1.807) is 0 Å². The van der Waals surface area contributed by atoms with E-state index in [0.717, 1.165) is 39.6 Å². The van der Waals surface area contributed by atoms with Crippen molar-refractivity contribution in [2.75, 3.05) is 12.5 Å². The molecule has 1 aliphatic rings. The third kappa shape index (κ3) is 4.14. The van der Waals surface area contributed by atoms with Gasteiger partial charge in [-0.3, -0.25) is 4.79 Å². The highest BCUT2D eigenvalue weighted by Gasteiger charge is 2.20. The Morgan fingerprint density at radius 2 is 1.79 bits per heavy atom. The van der Waals surface area contributed by atoms with E-state index in [1.807, 2.05) is 67.8 Å². The number of hydrogen-bond donors (Lipinski definition) is 0. The van der Waals surface area contributed by atoms with E-state index in [1.165, 1.54) is 17.3 Å². The molecule has 0 unspecified atom stereocenters. The van der Waals surface area contributed by atoms with E-state index in [4.69, 9.17) is 9.47 Å². The van der Waals surface area contributed by atoms with Crippen LogP contribution in [0.4, 0.5) is 0 Å². The smallest absolute Gasteiger partial charge is 0.231 e. The summed E-state index contributed by atoms with van der Waals surface area (Å²) < 4.78 is 15.0. The molecule has 3 heterocycles. The number of thioether (sulfide) groups is 1. The second-order valence-corrected chi connectivity index (χ2v) is 8.91. The first-order valence-electron chi connectivity index (χ1n) is 10.7. The lowest BCUT2D eigenvalue weighted by atomic mass is 10.2. The molecule has 0 amide bonds. The van der Waals surface area contributed by atoms with Gasteiger partial charge in [-0.15, -0.1) is 10.2 Å². The molecular weight excluding hydrogens is 436 g/mol. The van der Waals surface area contributed by atoms with Crippen LogP contribution >= 0.6 is 11.8 Å². The fourth-order valence-corrected chi connectivity index (χ4v) is 4.96. The van der Waals surface area contributed by atoms with Crippen LogP contribution in [0.5, 0.6) is 11.5 Å². The number of hydrogen-bond acceptors (Lipinski definition) is 6. The number of Topliss-reactive ketones (excluding diaryl/α,β-unsaturated/α-hetero) is 1. The number of nitrogens with zero attached hydrogens (tertiary/aromatic N) is 4. The molecule has 8 heteroatoms. The van der Waals surface area contributed by atoms with Gasteiger partial charge in [0.25, 0.3) is 0 Å². The monoisotopic (exact) mass is 460 g/mol. The predicted molar refractivity (Wildman–Crippen MR) is 127 cm³/mol. The van der Waals surface area contributed by atoms with Crippen LogP contribution in [0.2, 0.25) is 0 Å². The van der Waals surface area contributed by atoms with E-state index in [-0.39, 0.29) is 12.6 Å². The first-order valence-corrected chi connectivity index (χ1v) is 11.7. The minimum absolute atomic E-state index is 0.0620. The molecule has 5 rings (SSSR count). The molecule has 0 spiro atoms. The van der Waals surface area contributed by atoms with Gasteiger partial charge in [0, 0.05) is 28.7 Å². The number of ether oxygens (including phenoxy) is 2. The number of carbonyl (C=O) groups is 1. The highest BCUT2D eigenvalue weighted by molar-refractivity contribution is 7.99. The average molecular weight is 461 g/mol. The highest BCUT2D eigenvalue weighted by Crippen LogP contribution is 2.35. The summed E-state index contributed by atoms with van der Waals surface area (Å²) in [6.45, 7) is 6.81. The van der Waals surface area contributed by atoms with E-state index in [2.05, 4.69) is 26.9 Å². The predicted octanol–water partition coefficient (Wildman–Crippen LogP) is 4.75. The summed E-state index contributed by atoms with van der Waals surface area (Å²) in [6, 6.07) is 17.9. The van der Waals surface area contributed by atoms with Crippen LogP contribution in [0.25, 0.3) is 5.69 Å². The van der Waals surface area contributed by atoms with Crippen LogP contribution in [0, 0.1) is 20.8 Å². The van der Waals surface area contributed by atoms with Gasteiger partial charge in [0.05, 0.1) is 12.3 Å². The van der Waals surface area contributed by atoms with Gasteiger partial charge in [0.1, 0.15) is 5.82 Å². The van der Waals surface area contributed by atoms with Crippen LogP contribution in [-0.4, -0.2) is 37.7 Å². The maximum absolute atomic E-state index is 13.2. The number of rotatable bonds is 7. The second kappa shape index (κ2) is 8.78. The largest absolute Gasteiger partial charge is 0.454 e. The molecule has 0 bridgehead atoms. The minimum atomic E-state index is 0.0620. The molecule has 2 aromatic carbocycles. The van der Waals surface area contributed by atoms with E-state index in [9.17, 15) is 4.79 Å². The molecule has 168 valence electrons. The van der Waals surface area contributed by atoms with E-state index < -0.39 is 0 Å². The van der Waals surface area contributed by atoms with Crippen molar-refractivity contribution in [3.63, 3.8) is 0 Å². The van der Waals surface area contributed by atoms with E-state index >= 15 is 0 Å². The first-order chi connectivity index (χ1) is 16.0. The van der Waals surface area contributed by atoms with Crippen molar-refractivity contribution in [3.8, 4) is 17.2 Å². The minimum Gasteiger partial charge on any atom is -0.454 e.